The number of hydrogen-bond donors (Lipinski definition) is 2. The van der Waals surface area contributed by atoms with E-state index < -0.39 is 5.92 Å². The van der Waals surface area contributed by atoms with Crippen molar-refractivity contribution >= 4 is 45.6 Å². The number of aryl methyl sites for hydroxylation is 2. The number of nitrogens with one attached hydrogen (secondary N) is 1. The van der Waals surface area contributed by atoms with Crippen LogP contribution in [0.4, 0.5) is 10.8 Å². The molecule has 8 nitrogen and oxygen atoms in total. The van der Waals surface area contributed by atoms with Crippen molar-refractivity contribution in [3.05, 3.63) is 87.9 Å². The van der Waals surface area contributed by atoms with E-state index in [1.54, 1.807) is 4.90 Å². The van der Waals surface area contributed by atoms with Gasteiger partial charge in [0.1, 0.15) is 5.82 Å². The molecule has 40 heavy (non-hydrogen) atoms. The van der Waals surface area contributed by atoms with Gasteiger partial charge in [0.05, 0.1) is 23.3 Å². The Bertz CT molecular complexity index is 1610. The van der Waals surface area contributed by atoms with Crippen LogP contribution < -0.4 is 16.0 Å². The molecule has 1 atom stereocenters. The third kappa shape index (κ3) is 5.53. The van der Waals surface area contributed by atoms with Crippen molar-refractivity contribution in [3.8, 4) is 6.07 Å². The summed E-state index contributed by atoms with van der Waals surface area (Å²) in [6.07, 6.45) is 0.977. The topological polar surface area (TPSA) is 125 Å². The number of thioether (sulfide) groups is 1. The highest BCUT2D eigenvalue weighted by molar-refractivity contribution is 8.01. The Balaban J connectivity index is 1.47. The van der Waals surface area contributed by atoms with E-state index in [4.69, 9.17) is 5.73 Å². The second-order valence-electron chi connectivity index (χ2n) is 11.0. The fraction of sp³-hybridized carbons (Fsp3) is 0.300. The standard InChI is InChI=1S/C30H30N6O2S2/c1-17-7-5-9-19(11-17)25-21(15-31)27(32)36(22-13-30(3,4)14-23(37)26(22)25)28-34-35-29(40-28)39-16-24(38)33-20-10-6-8-18(2)12-20/h5-12,25H,13-14,16,32H2,1-4H3,(H,33,38). The van der Waals surface area contributed by atoms with Gasteiger partial charge in [0.15, 0.2) is 10.1 Å². The maximum atomic E-state index is 13.7. The number of Topliss-reactive ketones (excluding diaryl/α,β-unsaturated/α-hetero) is 1. The van der Waals surface area contributed by atoms with Gasteiger partial charge in [-0.15, -0.1) is 10.2 Å². The molecule has 1 unspecified atom stereocenters. The second kappa shape index (κ2) is 10.9. The Morgan fingerprint density at radius 1 is 1.18 bits per heavy atom. The van der Waals surface area contributed by atoms with Crippen LogP contribution >= 0.6 is 23.1 Å². The Kier molecular flexibility index (Phi) is 7.53. The van der Waals surface area contributed by atoms with E-state index in [9.17, 15) is 14.9 Å². The minimum atomic E-state index is -0.535. The van der Waals surface area contributed by atoms with Gasteiger partial charge in [-0.3, -0.25) is 14.5 Å². The summed E-state index contributed by atoms with van der Waals surface area (Å²) in [7, 11) is 0. The SMILES string of the molecule is Cc1cccc(NC(=O)CSc2nnc(N3C(N)=C(C#N)C(c4cccc(C)c4)C4=C3CC(C)(C)CC4=O)s2)c1. The Hall–Kier alpha value is -3.94. The van der Waals surface area contributed by atoms with Gasteiger partial charge in [-0.1, -0.05) is 78.9 Å². The lowest BCUT2D eigenvalue weighted by Gasteiger charge is -2.42. The van der Waals surface area contributed by atoms with Gasteiger partial charge in [0, 0.05) is 23.4 Å². The summed E-state index contributed by atoms with van der Waals surface area (Å²) in [5.74, 6) is -0.265. The molecule has 2 heterocycles. The molecule has 204 valence electrons. The first kappa shape index (κ1) is 27.6. The molecule has 3 aromatic rings. The molecule has 1 aliphatic heterocycles. The Morgan fingerprint density at radius 2 is 1.90 bits per heavy atom. The van der Waals surface area contributed by atoms with E-state index in [2.05, 4.69) is 35.4 Å². The highest BCUT2D eigenvalue weighted by atomic mass is 32.2. The van der Waals surface area contributed by atoms with Crippen molar-refractivity contribution in [2.75, 3.05) is 16.0 Å². The maximum Gasteiger partial charge on any atom is 0.234 e. The zero-order valence-electron chi connectivity index (χ0n) is 22.8. The number of hydrogen-bond acceptors (Lipinski definition) is 9. The van der Waals surface area contributed by atoms with Crippen LogP contribution in [0, 0.1) is 30.6 Å². The lowest BCUT2D eigenvalue weighted by Crippen LogP contribution is -2.42. The van der Waals surface area contributed by atoms with Crippen molar-refractivity contribution in [2.24, 2.45) is 11.1 Å². The first-order valence-corrected chi connectivity index (χ1v) is 14.7. The van der Waals surface area contributed by atoms with Gasteiger partial charge in [0.25, 0.3) is 0 Å². The van der Waals surface area contributed by atoms with Crippen molar-refractivity contribution < 1.29 is 9.59 Å². The van der Waals surface area contributed by atoms with Gasteiger partial charge in [-0.2, -0.15) is 5.26 Å². The van der Waals surface area contributed by atoms with E-state index in [-0.39, 0.29) is 28.7 Å². The van der Waals surface area contributed by atoms with Crippen LogP contribution in [-0.2, 0) is 9.59 Å². The van der Waals surface area contributed by atoms with E-state index >= 15 is 0 Å². The molecule has 0 spiro atoms. The van der Waals surface area contributed by atoms with E-state index in [0.717, 1.165) is 28.1 Å². The summed E-state index contributed by atoms with van der Waals surface area (Å²) in [5, 5.41) is 22.3. The monoisotopic (exact) mass is 570 g/mol. The number of nitrogens with zero attached hydrogens (tertiary/aromatic N) is 4. The van der Waals surface area contributed by atoms with E-state index in [1.165, 1.54) is 23.1 Å². The van der Waals surface area contributed by atoms with Gasteiger partial charge in [-0.25, -0.2) is 0 Å². The molecule has 2 aromatic carbocycles. The summed E-state index contributed by atoms with van der Waals surface area (Å²) < 4.78 is 0.588. The summed E-state index contributed by atoms with van der Waals surface area (Å²) in [4.78, 5) is 27.9. The average Bonchev–Trinajstić information content (AvgIpc) is 3.34. The van der Waals surface area contributed by atoms with Crippen molar-refractivity contribution in [2.45, 2.75) is 50.8 Å². The Labute approximate surface area is 242 Å². The van der Waals surface area contributed by atoms with Crippen molar-refractivity contribution in [1.29, 1.82) is 5.26 Å². The molecule has 0 fully saturated rings. The van der Waals surface area contributed by atoms with Crippen LogP contribution in [0.15, 0.2) is 75.5 Å². The molecule has 0 saturated carbocycles. The number of amides is 1. The molecule has 1 aliphatic carbocycles. The number of carbonyl (C=O) groups excluding carboxylic acids is 2. The molecular formula is C30H30N6O2S2. The number of allylic oxidation sites excluding steroid dienone is 3. The van der Waals surface area contributed by atoms with E-state index in [0.29, 0.717) is 33.5 Å². The molecule has 10 heteroatoms. The first-order chi connectivity index (χ1) is 19.1. The second-order valence-corrected chi connectivity index (χ2v) is 13.1. The normalized spacial score (nSPS) is 18.4. The molecule has 1 aromatic heterocycles. The number of nitriles is 1. The third-order valence-corrected chi connectivity index (χ3v) is 9.01. The predicted octanol–water partition coefficient (Wildman–Crippen LogP) is 5.83. The molecule has 0 radical (unpaired) electrons. The molecule has 0 saturated heterocycles. The molecular weight excluding hydrogens is 541 g/mol. The summed E-state index contributed by atoms with van der Waals surface area (Å²) in [5.41, 5.74) is 11.8. The summed E-state index contributed by atoms with van der Waals surface area (Å²) in [6.45, 7) is 8.07. The number of anilines is 2. The van der Waals surface area contributed by atoms with Gasteiger partial charge in [-0.05, 0) is 48.9 Å². The Morgan fingerprint density at radius 3 is 2.60 bits per heavy atom. The number of carbonyl (C=O) groups is 2. The van der Waals surface area contributed by atoms with Crippen LogP contribution in [0.1, 0.15) is 49.3 Å². The zero-order chi connectivity index (χ0) is 28.6. The minimum absolute atomic E-state index is 0.00920. The quantitative estimate of drug-likeness (QED) is 0.355. The van der Waals surface area contributed by atoms with Crippen molar-refractivity contribution in [3.63, 3.8) is 0 Å². The number of benzene rings is 2. The molecule has 1 amide bonds. The third-order valence-electron chi connectivity index (χ3n) is 6.97. The highest BCUT2D eigenvalue weighted by Crippen LogP contribution is 2.50. The smallest absolute Gasteiger partial charge is 0.234 e. The fourth-order valence-corrected chi connectivity index (χ4v) is 6.99. The number of nitrogens with two attached hydrogens (primary N) is 1. The number of rotatable bonds is 6. The van der Waals surface area contributed by atoms with Gasteiger partial charge >= 0.3 is 0 Å². The van der Waals surface area contributed by atoms with Crippen molar-refractivity contribution in [1.82, 2.24) is 10.2 Å². The van der Waals surface area contributed by atoms with Crippen LogP contribution in [0.3, 0.4) is 0 Å². The lowest BCUT2D eigenvalue weighted by atomic mass is 9.68. The predicted molar refractivity (Wildman–Crippen MR) is 159 cm³/mol. The highest BCUT2D eigenvalue weighted by Gasteiger charge is 2.45. The number of ketones is 1. The lowest BCUT2D eigenvalue weighted by molar-refractivity contribution is -0.118. The molecule has 5 rings (SSSR count). The average molecular weight is 571 g/mol. The van der Waals surface area contributed by atoms with Crippen LogP contribution in [0.5, 0.6) is 0 Å². The largest absolute Gasteiger partial charge is 0.384 e. The fourth-order valence-electron chi connectivity index (χ4n) is 5.31. The number of aromatic nitrogens is 2. The van der Waals surface area contributed by atoms with Crippen LogP contribution in [-0.4, -0.2) is 27.6 Å². The van der Waals surface area contributed by atoms with Crippen LogP contribution in [0.25, 0.3) is 0 Å². The van der Waals surface area contributed by atoms with E-state index in [1.807, 2.05) is 62.4 Å². The summed E-state index contributed by atoms with van der Waals surface area (Å²) >= 11 is 2.56. The van der Waals surface area contributed by atoms with Gasteiger partial charge in [0.2, 0.25) is 11.0 Å². The molecule has 3 N–H and O–H groups in total. The minimum Gasteiger partial charge on any atom is -0.384 e. The first-order valence-electron chi connectivity index (χ1n) is 12.9. The maximum absolute atomic E-state index is 13.7. The molecule has 2 aliphatic rings. The zero-order valence-corrected chi connectivity index (χ0v) is 24.4. The molecule has 0 bridgehead atoms. The van der Waals surface area contributed by atoms with Gasteiger partial charge < -0.3 is 11.1 Å². The summed E-state index contributed by atoms with van der Waals surface area (Å²) in [6, 6.07) is 17.8. The van der Waals surface area contributed by atoms with Crippen LogP contribution in [0.2, 0.25) is 0 Å².